The minimum Gasteiger partial charge on any atom is -0.495 e. The molecule has 1 unspecified atom stereocenters. The summed E-state index contributed by atoms with van der Waals surface area (Å²) < 4.78 is 10.6. The molecule has 0 radical (unpaired) electrons. The van der Waals surface area contributed by atoms with E-state index in [4.69, 9.17) is 14.7 Å². The van der Waals surface area contributed by atoms with Crippen LogP contribution in [0.15, 0.2) is 42.5 Å². The Labute approximate surface area is 143 Å². The second-order valence-corrected chi connectivity index (χ2v) is 5.00. The molecule has 0 heterocycles. The summed E-state index contributed by atoms with van der Waals surface area (Å²) in [6.45, 7) is 1.51. The number of para-hydroxylation sites is 1. The number of benzene rings is 2. The second-order valence-electron chi connectivity index (χ2n) is 5.00. The molecule has 0 saturated heterocycles. The van der Waals surface area contributed by atoms with E-state index in [9.17, 15) is 14.9 Å². The van der Waals surface area contributed by atoms with Crippen LogP contribution in [0.25, 0.3) is 0 Å². The second kappa shape index (κ2) is 7.79. The number of anilines is 1. The number of carbonyl (C=O) groups is 1. The Kier molecular flexibility index (Phi) is 5.53. The van der Waals surface area contributed by atoms with Crippen LogP contribution in [-0.4, -0.2) is 24.0 Å². The maximum atomic E-state index is 12.3. The average molecular weight is 341 g/mol. The number of nitro benzene ring substituents is 1. The molecule has 1 amide bonds. The number of methoxy groups -OCH3 is 1. The first-order chi connectivity index (χ1) is 12.0. The van der Waals surface area contributed by atoms with Gasteiger partial charge >= 0.3 is 0 Å². The van der Waals surface area contributed by atoms with Crippen LogP contribution < -0.4 is 14.8 Å². The van der Waals surface area contributed by atoms with E-state index in [1.54, 1.807) is 24.3 Å². The molecule has 2 aromatic rings. The number of hydrogen-bond acceptors (Lipinski definition) is 6. The molecule has 1 atom stereocenters. The fourth-order valence-electron chi connectivity index (χ4n) is 2.05. The van der Waals surface area contributed by atoms with Crippen molar-refractivity contribution in [2.45, 2.75) is 13.0 Å². The molecular weight excluding hydrogens is 326 g/mol. The van der Waals surface area contributed by atoms with Crippen molar-refractivity contribution in [3.8, 4) is 17.6 Å². The highest BCUT2D eigenvalue weighted by Crippen LogP contribution is 2.29. The summed E-state index contributed by atoms with van der Waals surface area (Å²) in [6, 6.07) is 12.4. The van der Waals surface area contributed by atoms with Gasteiger partial charge in [0.1, 0.15) is 17.6 Å². The van der Waals surface area contributed by atoms with E-state index in [-0.39, 0.29) is 22.9 Å². The van der Waals surface area contributed by atoms with Crippen LogP contribution >= 0.6 is 0 Å². The number of nitrogens with one attached hydrogen (secondary N) is 1. The summed E-state index contributed by atoms with van der Waals surface area (Å²) in [5.41, 5.74) is 0.278. The lowest BCUT2D eigenvalue weighted by Crippen LogP contribution is -2.30. The number of nitrogens with zero attached hydrogens (tertiary/aromatic N) is 2. The van der Waals surface area contributed by atoms with E-state index in [1.165, 1.54) is 32.2 Å². The van der Waals surface area contributed by atoms with Gasteiger partial charge in [-0.1, -0.05) is 12.1 Å². The summed E-state index contributed by atoms with van der Waals surface area (Å²) in [5, 5.41) is 22.5. The predicted octanol–water partition coefficient (Wildman–Crippen LogP) is 2.88. The maximum Gasteiger partial charge on any atom is 0.271 e. The average Bonchev–Trinajstić information content (AvgIpc) is 2.61. The molecule has 128 valence electrons. The van der Waals surface area contributed by atoms with Gasteiger partial charge in [0.05, 0.1) is 23.3 Å². The van der Waals surface area contributed by atoms with Crippen LogP contribution in [0.1, 0.15) is 12.5 Å². The molecule has 0 fully saturated rings. The van der Waals surface area contributed by atoms with Gasteiger partial charge in [-0.15, -0.1) is 0 Å². The number of nitriles is 1. The van der Waals surface area contributed by atoms with E-state index in [0.717, 1.165) is 0 Å². The van der Waals surface area contributed by atoms with Crippen LogP contribution in [0.5, 0.6) is 11.5 Å². The highest BCUT2D eigenvalue weighted by Gasteiger charge is 2.19. The van der Waals surface area contributed by atoms with E-state index in [2.05, 4.69) is 5.32 Å². The fourth-order valence-corrected chi connectivity index (χ4v) is 2.05. The number of carbonyl (C=O) groups excluding carboxylic acids is 1. The first kappa shape index (κ1) is 17.7. The Balaban J connectivity index is 2.17. The summed E-state index contributed by atoms with van der Waals surface area (Å²) in [7, 11) is 1.39. The van der Waals surface area contributed by atoms with Crippen molar-refractivity contribution in [1.82, 2.24) is 0 Å². The van der Waals surface area contributed by atoms with Crippen molar-refractivity contribution >= 4 is 17.3 Å². The van der Waals surface area contributed by atoms with Crippen molar-refractivity contribution in [3.63, 3.8) is 0 Å². The number of ether oxygens (including phenoxy) is 2. The minimum absolute atomic E-state index is 0.158. The zero-order chi connectivity index (χ0) is 18.4. The fraction of sp³-hybridized carbons (Fsp3) is 0.176. The topological polar surface area (TPSA) is 114 Å². The normalized spacial score (nSPS) is 11.1. The molecule has 0 spiro atoms. The van der Waals surface area contributed by atoms with Crippen LogP contribution in [-0.2, 0) is 4.79 Å². The molecule has 0 aromatic heterocycles. The Hall–Kier alpha value is -3.60. The maximum absolute atomic E-state index is 12.3. The SMILES string of the molecule is COc1ccc([N+](=O)[O-])cc1NC(=O)C(C)Oc1ccccc1C#N. The highest BCUT2D eigenvalue weighted by atomic mass is 16.6. The molecule has 0 saturated carbocycles. The summed E-state index contributed by atoms with van der Waals surface area (Å²) in [6.07, 6.45) is -0.932. The third-order valence-corrected chi connectivity index (χ3v) is 3.33. The lowest BCUT2D eigenvalue weighted by Gasteiger charge is -2.16. The van der Waals surface area contributed by atoms with Crippen molar-refractivity contribution in [3.05, 3.63) is 58.1 Å². The lowest BCUT2D eigenvalue weighted by molar-refractivity contribution is -0.384. The van der Waals surface area contributed by atoms with E-state index >= 15 is 0 Å². The largest absolute Gasteiger partial charge is 0.495 e. The van der Waals surface area contributed by atoms with Crippen LogP contribution in [0.4, 0.5) is 11.4 Å². The smallest absolute Gasteiger partial charge is 0.271 e. The van der Waals surface area contributed by atoms with Gasteiger partial charge in [0.15, 0.2) is 6.10 Å². The standard InChI is InChI=1S/C17H15N3O5/c1-11(25-15-6-4-3-5-12(15)10-18)17(21)19-14-9-13(20(22)23)7-8-16(14)24-2/h3-9,11H,1-2H3,(H,19,21). The van der Waals surface area contributed by atoms with Crippen molar-refractivity contribution in [1.29, 1.82) is 5.26 Å². The molecule has 25 heavy (non-hydrogen) atoms. The Morgan fingerprint density at radius 1 is 1.28 bits per heavy atom. The van der Waals surface area contributed by atoms with Gasteiger partial charge in [0.2, 0.25) is 0 Å². The minimum atomic E-state index is -0.932. The number of amides is 1. The van der Waals surface area contributed by atoms with Crippen molar-refractivity contribution in [2.24, 2.45) is 0 Å². The molecule has 0 bridgehead atoms. The molecule has 0 aliphatic heterocycles. The van der Waals surface area contributed by atoms with Gasteiger partial charge in [-0.2, -0.15) is 5.26 Å². The highest BCUT2D eigenvalue weighted by molar-refractivity contribution is 5.95. The zero-order valence-electron chi connectivity index (χ0n) is 13.6. The first-order valence-corrected chi connectivity index (χ1v) is 7.25. The molecule has 0 aliphatic rings. The Morgan fingerprint density at radius 2 is 2.00 bits per heavy atom. The summed E-state index contributed by atoms with van der Waals surface area (Å²) in [5.74, 6) is 0.0220. The zero-order valence-corrected chi connectivity index (χ0v) is 13.6. The lowest BCUT2D eigenvalue weighted by atomic mass is 10.2. The molecular formula is C17H15N3O5. The molecule has 8 heteroatoms. The number of hydrogen-bond donors (Lipinski definition) is 1. The monoisotopic (exact) mass is 341 g/mol. The van der Waals surface area contributed by atoms with Crippen molar-refractivity contribution in [2.75, 3.05) is 12.4 Å². The molecule has 0 aliphatic carbocycles. The molecule has 8 nitrogen and oxygen atoms in total. The van der Waals surface area contributed by atoms with E-state index < -0.39 is 16.9 Å². The van der Waals surface area contributed by atoms with Crippen LogP contribution in [0.2, 0.25) is 0 Å². The number of nitro groups is 1. The van der Waals surface area contributed by atoms with Crippen LogP contribution in [0.3, 0.4) is 0 Å². The van der Waals surface area contributed by atoms with Crippen molar-refractivity contribution < 1.29 is 19.2 Å². The summed E-state index contributed by atoms with van der Waals surface area (Å²) in [4.78, 5) is 22.6. The van der Waals surface area contributed by atoms with Gasteiger partial charge in [-0.3, -0.25) is 14.9 Å². The van der Waals surface area contributed by atoms with Gasteiger partial charge < -0.3 is 14.8 Å². The predicted molar refractivity (Wildman–Crippen MR) is 89.5 cm³/mol. The quantitative estimate of drug-likeness (QED) is 0.638. The van der Waals surface area contributed by atoms with Gasteiger partial charge in [-0.25, -0.2) is 0 Å². The first-order valence-electron chi connectivity index (χ1n) is 7.25. The van der Waals surface area contributed by atoms with Crippen LogP contribution in [0, 0.1) is 21.4 Å². The number of rotatable bonds is 6. The third-order valence-electron chi connectivity index (χ3n) is 3.33. The Morgan fingerprint density at radius 3 is 2.64 bits per heavy atom. The van der Waals surface area contributed by atoms with Gasteiger partial charge in [0.25, 0.3) is 11.6 Å². The Bertz CT molecular complexity index is 844. The van der Waals surface area contributed by atoms with E-state index in [1.807, 2.05) is 6.07 Å². The molecule has 1 N–H and O–H groups in total. The number of non-ortho nitro benzene ring substituents is 1. The van der Waals surface area contributed by atoms with Gasteiger partial charge in [0, 0.05) is 12.1 Å². The summed E-state index contributed by atoms with van der Waals surface area (Å²) >= 11 is 0. The third kappa shape index (κ3) is 4.23. The molecule has 2 rings (SSSR count). The van der Waals surface area contributed by atoms with E-state index in [0.29, 0.717) is 5.56 Å². The van der Waals surface area contributed by atoms with Gasteiger partial charge in [-0.05, 0) is 25.1 Å². The molecule has 2 aromatic carbocycles.